The fourth-order valence-electron chi connectivity index (χ4n) is 4.36. The average Bonchev–Trinajstić information content (AvgIpc) is 2.88. The largest absolute Gasteiger partial charge is 0.316 e. The van der Waals surface area contributed by atoms with Crippen LogP contribution >= 0.6 is 12.4 Å². The van der Waals surface area contributed by atoms with Crippen LogP contribution in [0.2, 0.25) is 0 Å². The first-order chi connectivity index (χ1) is 10.8. The normalized spacial score (nSPS) is 25.2. The van der Waals surface area contributed by atoms with Crippen molar-refractivity contribution in [2.24, 2.45) is 5.92 Å². The van der Waals surface area contributed by atoms with Crippen LogP contribution < -0.4 is 5.32 Å². The molecule has 4 rings (SSSR count). The molecule has 0 bridgehead atoms. The van der Waals surface area contributed by atoms with Crippen molar-refractivity contribution in [2.75, 3.05) is 13.1 Å². The predicted octanol–water partition coefficient (Wildman–Crippen LogP) is 4.07. The van der Waals surface area contributed by atoms with E-state index in [1.54, 1.807) is 0 Å². The van der Waals surface area contributed by atoms with Crippen LogP contribution in [-0.2, 0) is 0 Å². The number of hydrogen-bond acceptors (Lipinski definition) is 2. The maximum atomic E-state index is 10.9. The summed E-state index contributed by atoms with van der Waals surface area (Å²) >= 11 is 0. The molecule has 0 amide bonds. The second-order valence-corrected chi connectivity index (χ2v) is 6.66. The van der Waals surface area contributed by atoms with Gasteiger partial charge in [0.05, 0.1) is 0 Å². The van der Waals surface area contributed by atoms with Crippen molar-refractivity contribution in [2.45, 2.75) is 25.2 Å². The number of halogens is 1. The van der Waals surface area contributed by atoms with Gasteiger partial charge >= 0.3 is 0 Å². The van der Waals surface area contributed by atoms with Crippen molar-refractivity contribution in [3.63, 3.8) is 0 Å². The first-order valence-electron chi connectivity index (χ1n) is 8.14. The number of carbonyl (C=O) groups excluding carboxylic acids is 1. The molecule has 1 aliphatic heterocycles. The summed E-state index contributed by atoms with van der Waals surface area (Å²) in [4.78, 5) is 10.9. The molecule has 2 aromatic rings. The Hall–Kier alpha value is -1.64. The van der Waals surface area contributed by atoms with Gasteiger partial charge in [-0.1, -0.05) is 48.0 Å². The molecule has 2 nitrogen and oxygen atoms in total. The lowest BCUT2D eigenvalue weighted by molar-refractivity contribution is 0.112. The highest BCUT2D eigenvalue weighted by atomic mass is 35.5. The standard InChI is InChI=1S/C20H21NO.ClH/c1-13-2-7-16-18(10-13)20(17-8-9-21-11-19(16)17)15-5-3-14(12-22)4-6-15;/h2-7,10,12,17,19-21H,8-9,11H2,1H3;1H/t17-,19-,20+;/m1./s1. The summed E-state index contributed by atoms with van der Waals surface area (Å²) in [5, 5.41) is 3.56. The zero-order valence-corrected chi connectivity index (χ0v) is 14.1. The number of carbonyl (C=O) groups is 1. The Labute approximate surface area is 143 Å². The molecule has 1 aliphatic carbocycles. The smallest absolute Gasteiger partial charge is 0.150 e. The van der Waals surface area contributed by atoms with Crippen molar-refractivity contribution >= 4 is 18.7 Å². The topological polar surface area (TPSA) is 29.1 Å². The molecule has 0 unspecified atom stereocenters. The lowest BCUT2D eigenvalue weighted by Gasteiger charge is -2.30. The van der Waals surface area contributed by atoms with Crippen molar-refractivity contribution in [1.82, 2.24) is 5.32 Å². The summed E-state index contributed by atoms with van der Waals surface area (Å²) in [6.07, 6.45) is 2.14. The second-order valence-electron chi connectivity index (χ2n) is 6.66. The van der Waals surface area contributed by atoms with Crippen LogP contribution in [-0.4, -0.2) is 19.4 Å². The molecule has 0 radical (unpaired) electrons. The highest BCUT2D eigenvalue weighted by Crippen LogP contribution is 2.52. The SMILES string of the molecule is Cc1ccc2c(c1)[C@@H](c1ccc(C=O)cc1)[C@@H]1CCNC[C@H]21.Cl. The fraction of sp³-hybridized carbons (Fsp3) is 0.350. The molecule has 0 saturated carbocycles. The van der Waals surface area contributed by atoms with Gasteiger partial charge in [-0.3, -0.25) is 4.79 Å². The number of aryl methyl sites for hydroxylation is 1. The summed E-state index contributed by atoms with van der Waals surface area (Å²) in [7, 11) is 0. The first-order valence-corrected chi connectivity index (χ1v) is 8.14. The van der Waals surface area contributed by atoms with Crippen LogP contribution in [0.25, 0.3) is 0 Å². The molecule has 23 heavy (non-hydrogen) atoms. The quantitative estimate of drug-likeness (QED) is 0.842. The van der Waals surface area contributed by atoms with E-state index in [0.29, 0.717) is 17.8 Å². The minimum atomic E-state index is 0. The summed E-state index contributed by atoms with van der Waals surface area (Å²) in [5.74, 6) is 1.78. The van der Waals surface area contributed by atoms with Crippen molar-refractivity contribution < 1.29 is 4.79 Å². The molecule has 1 N–H and O–H groups in total. The van der Waals surface area contributed by atoms with Crippen LogP contribution in [0.1, 0.15) is 50.9 Å². The minimum Gasteiger partial charge on any atom is -0.316 e. The lowest BCUT2D eigenvalue weighted by Crippen LogP contribution is -2.34. The van der Waals surface area contributed by atoms with Gasteiger partial charge < -0.3 is 5.32 Å². The number of piperidine rings is 1. The van der Waals surface area contributed by atoms with E-state index in [2.05, 4.69) is 42.6 Å². The molecule has 120 valence electrons. The molecule has 1 saturated heterocycles. The Bertz CT molecular complexity index is 710. The summed E-state index contributed by atoms with van der Waals surface area (Å²) in [6.45, 7) is 4.37. The molecule has 0 aromatic heterocycles. The molecule has 2 aliphatic rings. The zero-order valence-electron chi connectivity index (χ0n) is 13.3. The molecule has 1 heterocycles. The number of benzene rings is 2. The molecular weight excluding hydrogens is 306 g/mol. The molecule has 1 fully saturated rings. The third kappa shape index (κ3) is 2.71. The lowest BCUT2D eigenvalue weighted by atomic mass is 9.78. The predicted molar refractivity (Wildman–Crippen MR) is 95.8 cm³/mol. The molecule has 0 spiro atoms. The first kappa shape index (κ1) is 16.2. The van der Waals surface area contributed by atoms with Gasteiger partial charge in [0, 0.05) is 23.9 Å². The molecule has 3 atom stereocenters. The van der Waals surface area contributed by atoms with Gasteiger partial charge in [0.2, 0.25) is 0 Å². The maximum absolute atomic E-state index is 10.9. The van der Waals surface area contributed by atoms with Crippen molar-refractivity contribution in [3.05, 3.63) is 70.3 Å². The van der Waals surface area contributed by atoms with Crippen LogP contribution in [0, 0.1) is 12.8 Å². The van der Waals surface area contributed by atoms with Gasteiger partial charge in [0.25, 0.3) is 0 Å². The van der Waals surface area contributed by atoms with Crippen LogP contribution in [0.5, 0.6) is 0 Å². The summed E-state index contributed by atoms with van der Waals surface area (Å²) < 4.78 is 0. The van der Waals surface area contributed by atoms with Gasteiger partial charge in [-0.2, -0.15) is 0 Å². The Kier molecular flexibility index (Phi) is 4.56. The van der Waals surface area contributed by atoms with E-state index in [1.165, 1.54) is 28.7 Å². The average molecular weight is 328 g/mol. The highest BCUT2D eigenvalue weighted by Gasteiger charge is 2.42. The number of aldehydes is 1. The second kappa shape index (κ2) is 6.46. The number of fused-ring (bicyclic) bond motifs is 3. The Morgan fingerprint density at radius 2 is 1.87 bits per heavy atom. The third-order valence-electron chi connectivity index (χ3n) is 5.37. The minimum absolute atomic E-state index is 0. The summed E-state index contributed by atoms with van der Waals surface area (Å²) in [6, 6.07) is 15.1. The number of rotatable bonds is 2. The number of hydrogen-bond donors (Lipinski definition) is 1. The molecule has 2 aromatic carbocycles. The van der Waals surface area contributed by atoms with E-state index in [9.17, 15) is 4.79 Å². The molecular formula is C20H22ClNO. The van der Waals surface area contributed by atoms with Gasteiger partial charge in [0.15, 0.2) is 0 Å². The highest BCUT2D eigenvalue weighted by molar-refractivity contribution is 5.85. The zero-order chi connectivity index (χ0) is 15.1. The van der Waals surface area contributed by atoms with E-state index >= 15 is 0 Å². The van der Waals surface area contributed by atoms with Crippen LogP contribution in [0.3, 0.4) is 0 Å². The maximum Gasteiger partial charge on any atom is 0.150 e. The Balaban J connectivity index is 0.00000156. The van der Waals surface area contributed by atoms with Gasteiger partial charge in [-0.15, -0.1) is 12.4 Å². The fourth-order valence-corrected chi connectivity index (χ4v) is 4.36. The van der Waals surface area contributed by atoms with Gasteiger partial charge in [-0.25, -0.2) is 0 Å². The van der Waals surface area contributed by atoms with E-state index in [4.69, 9.17) is 0 Å². The number of nitrogens with one attached hydrogen (secondary N) is 1. The molecule has 3 heteroatoms. The van der Waals surface area contributed by atoms with Crippen molar-refractivity contribution in [3.8, 4) is 0 Å². The Morgan fingerprint density at radius 3 is 2.61 bits per heavy atom. The van der Waals surface area contributed by atoms with E-state index in [1.807, 2.05) is 12.1 Å². The van der Waals surface area contributed by atoms with Gasteiger partial charge in [0.1, 0.15) is 6.29 Å². The monoisotopic (exact) mass is 327 g/mol. The van der Waals surface area contributed by atoms with Crippen molar-refractivity contribution in [1.29, 1.82) is 0 Å². The van der Waals surface area contributed by atoms with E-state index < -0.39 is 0 Å². The van der Waals surface area contributed by atoms with E-state index in [0.717, 1.165) is 24.9 Å². The van der Waals surface area contributed by atoms with Gasteiger partial charge in [-0.05, 0) is 42.5 Å². The Morgan fingerprint density at radius 1 is 1.09 bits per heavy atom. The third-order valence-corrected chi connectivity index (χ3v) is 5.37. The van der Waals surface area contributed by atoms with Crippen LogP contribution in [0.15, 0.2) is 42.5 Å². The van der Waals surface area contributed by atoms with E-state index in [-0.39, 0.29) is 12.4 Å². The summed E-state index contributed by atoms with van der Waals surface area (Å²) in [5.41, 5.74) is 6.46. The van der Waals surface area contributed by atoms with Crippen LogP contribution in [0.4, 0.5) is 0 Å².